The first-order chi connectivity index (χ1) is 13.8. The molecular weight excluding hydrogens is 366 g/mol. The Morgan fingerprint density at radius 2 is 1.83 bits per heavy atom. The second kappa shape index (κ2) is 8.90. The van der Waals surface area contributed by atoms with Gasteiger partial charge in [-0.3, -0.25) is 4.79 Å². The molecule has 1 amide bonds. The van der Waals surface area contributed by atoms with E-state index in [1.54, 1.807) is 4.90 Å². The predicted molar refractivity (Wildman–Crippen MR) is 112 cm³/mol. The molecule has 0 unspecified atom stereocenters. The quantitative estimate of drug-likeness (QED) is 0.592. The van der Waals surface area contributed by atoms with Crippen LogP contribution in [-0.2, 0) is 11.3 Å². The number of aromatic nitrogens is 2. The zero-order valence-corrected chi connectivity index (χ0v) is 17.6. The van der Waals surface area contributed by atoms with E-state index in [4.69, 9.17) is 9.26 Å². The van der Waals surface area contributed by atoms with Gasteiger partial charge in [-0.15, -0.1) is 0 Å². The van der Waals surface area contributed by atoms with E-state index in [0.29, 0.717) is 11.7 Å². The largest absolute Gasteiger partial charge is 0.483 e. The fourth-order valence-corrected chi connectivity index (χ4v) is 2.95. The minimum atomic E-state index is -0.129. The maximum absolute atomic E-state index is 12.8. The van der Waals surface area contributed by atoms with Crippen LogP contribution < -0.4 is 4.74 Å². The Balaban J connectivity index is 1.67. The predicted octanol–water partition coefficient (Wildman–Crippen LogP) is 4.48. The first-order valence-corrected chi connectivity index (χ1v) is 9.73. The third kappa shape index (κ3) is 5.02. The number of benzene rings is 2. The van der Waals surface area contributed by atoms with Crippen LogP contribution in [0.1, 0.15) is 36.4 Å². The van der Waals surface area contributed by atoms with Gasteiger partial charge in [0.05, 0.1) is 0 Å². The van der Waals surface area contributed by atoms with Crippen molar-refractivity contribution in [1.29, 1.82) is 0 Å². The SMILES string of the molecule is Cc1ccc(-c2noc(CN(C(=O)COc3cccc(C)c3C)C(C)C)n2)cc1. The summed E-state index contributed by atoms with van der Waals surface area (Å²) in [6.07, 6.45) is 0. The summed E-state index contributed by atoms with van der Waals surface area (Å²) in [5.41, 5.74) is 4.21. The van der Waals surface area contributed by atoms with Gasteiger partial charge in [0, 0.05) is 11.6 Å². The molecule has 0 fully saturated rings. The summed E-state index contributed by atoms with van der Waals surface area (Å²) < 4.78 is 11.2. The van der Waals surface area contributed by atoms with E-state index < -0.39 is 0 Å². The van der Waals surface area contributed by atoms with Crippen LogP contribution in [0.4, 0.5) is 0 Å². The highest BCUT2D eigenvalue weighted by Crippen LogP contribution is 2.21. The Bertz CT molecular complexity index is 977. The van der Waals surface area contributed by atoms with Gasteiger partial charge in [-0.05, 0) is 51.8 Å². The van der Waals surface area contributed by atoms with E-state index in [0.717, 1.165) is 28.0 Å². The molecule has 0 bridgehead atoms. The van der Waals surface area contributed by atoms with Gasteiger partial charge in [0.15, 0.2) is 6.61 Å². The molecule has 0 spiro atoms. The molecule has 6 nitrogen and oxygen atoms in total. The van der Waals surface area contributed by atoms with Crippen LogP contribution in [0, 0.1) is 20.8 Å². The Morgan fingerprint density at radius 3 is 2.52 bits per heavy atom. The van der Waals surface area contributed by atoms with Crippen LogP contribution in [0.2, 0.25) is 0 Å². The van der Waals surface area contributed by atoms with Crippen molar-refractivity contribution in [2.45, 2.75) is 47.2 Å². The fraction of sp³-hybridized carbons (Fsp3) is 0.348. The first kappa shape index (κ1) is 20.6. The molecule has 3 rings (SSSR count). The Hall–Kier alpha value is -3.15. The molecule has 0 saturated heterocycles. The summed E-state index contributed by atoms with van der Waals surface area (Å²) in [6, 6.07) is 13.7. The highest BCUT2D eigenvalue weighted by atomic mass is 16.5. The number of hydrogen-bond acceptors (Lipinski definition) is 5. The topological polar surface area (TPSA) is 68.5 Å². The normalized spacial score (nSPS) is 11.0. The van der Waals surface area contributed by atoms with E-state index >= 15 is 0 Å². The molecule has 29 heavy (non-hydrogen) atoms. The van der Waals surface area contributed by atoms with Gasteiger partial charge in [-0.2, -0.15) is 4.98 Å². The molecule has 1 heterocycles. The third-order valence-corrected chi connectivity index (χ3v) is 4.93. The second-order valence-corrected chi connectivity index (χ2v) is 7.48. The van der Waals surface area contributed by atoms with Gasteiger partial charge in [0.25, 0.3) is 5.91 Å². The second-order valence-electron chi connectivity index (χ2n) is 7.48. The van der Waals surface area contributed by atoms with E-state index in [2.05, 4.69) is 10.1 Å². The lowest BCUT2D eigenvalue weighted by molar-refractivity contribution is -0.136. The number of ether oxygens (including phenoxy) is 1. The molecule has 2 aromatic carbocycles. The van der Waals surface area contributed by atoms with Crippen LogP contribution in [0.15, 0.2) is 47.0 Å². The first-order valence-electron chi connectivity index (χ1n) is 9.73. The van der Waals surface area contributed by atoms with E-state index in [-0.39, 0.29) is 25.1 Å². The monoisotopic (exact) mass is 393 g/mol. The van der Waals surface area contributed by atoms with Crippen LogP contribution in [0.3, 0.4) is 0 Å². The van der Waals surface area contributed by atoms with Gasteiger partial charge in [0.1, 0.15) is 12.3 Å². The van der Waals surface area contributed by atoms with Crippen molar-refractivity contribution in [3.63, 3.8) is 0 Å². The highest BCUT2D eigenvalue weighted by Gasteiger charge is 2.21. The molecule has 1 aromatic heterocycles. The maximum Gasteiger partial charge on any atom is 0.261 e. The van der Waals surface area contributed by atoms with Crippen molar-refractivity contribution in [3.8, 4) is 17.1 Å². The molecule has 0 atom stereocenters. The van der Waals surface area contributed by atoms with Crippen LogP contribution in [0.25, 0.3) is 11.4 Å². The molecule has 3 aromatic rings. The number of nitrogens with zero attached hydrogens (tertiary/aromatic N) is 3. The van der Waals surface area contributed by atoms with Gasteiger partial charge in [-0.25, -0.2) is 0 Å². The average molecular weight is 393 g/mol. The Kier molecular flexibility index (Phi) is 6.32. The van der Waals surface area contributed by atoms with Crippen molar-refractivity contribution in [3.05, 3.63) is 65.0 Å². The smallest absolute Gasteiger partial charge is 0.261 e. The summed E-state index contributed by atoms with van der Waals surface area (Å²) in [6.45, 7) is 10.1. The number of amides is 1. The molecule has 152 valence electrons. The molecule has 0 radical (unpaired) electrons. The number of carbonyl (C=O) groups excluding carboxylic acids is 1. The summed E-state index contributed by atoms with van der Waals surface area (Å²) in [5.74, 6) is 1.51. The minimum Gasteiger partial charge on any atom is -0.483 e. The minimum absolute atomic E-state index is 0.0283. The third-order valence-electron chi connectivity index (χ3n) is 4.93. The summed E-state index contributed by atoms with van der Waals surface area (Å²) in [5, 5.41) is 4.05. The summed E-state index contributed by atoms with van der Waals surface area (Å²) in [4.78, 5) is 18.9. The molecule has 6 heteroatoms. The van der Waals surface area contributed by atoms with Crippen LogP contribution in [-0.4, -0.2) is 33.6 Å². The summed E-state index contributed by atoms with van der Waals surface area (Å²) in [7, 11) is 0. The van der Waals surface area contributed by atoms with E-state index in [9.17, 15) is 4.79 Å². The number of aryl methyl sites for hydroxylation is 2. The molecule has 0 aliphatic rings. The summed E-state index contributed by atoms with van der Waals surface area (Å²) >= 11 is 0. The number of rotatable bonds is 7. The Morgan fingerprint density at radius 1 is 1.10 bits per heavy atom. The lowest BCUT2D eigenvalue weighted by Crippen LogP contribution is -2.39. The van der Waals surface area contributed by atoms with Gasteiger partial charge in [0.2, 0.25) is 11.7 Å². The zero-order valence-electron chi connectivity index (χ0n) is 17.6. The van der Waals surface area contributed by atoms with Crippen LogP contribution >= 0.6 is 0 Å². The molecule has 0 N–H and O–H groups in total. The highest BCUT2D eigenvalue weighted by molar-refractivity contribution is 5.78. The van der Waals surface area contributed by atoms with Gasteiger partial charge < -0.3 is 14.2 Å². The standard InChI is InChI=1S/C23H27N3O3/c1-15(2)26(22(27)14-28-20-8-6-7-17(4)18(20)5)13-21-24-23(25-29-21)19-11-9-16(3)10-12-19/h6-12,15H,13-14H2,1-5H3. The van der Waals surface area contributed by atoms with Crippen LogP contribution in [0.5, 0.6) is 5.75 Å². The lowest BCUT2D eigenvalue weighted by atomic mass is 10.1. The Labute approximate surface area is 171 Å². The van der Waals surface area contributed by atoms with Crippen molar-refractivity contribution in [1.82, 2.24) is 15.0 Å². The van der Waals surface area contributed by atoms with Crippen molar-refractivity contribution < 1.29 is 14.1 Å². The van der Waals surface area contributed by atoms with Crippen molar-refractivity contribution in [2.75, 3.05) is 6.61 Å². The van der Waals surface area contributed by atoms with E-state index in [1.807, 2.05) is 77.1 Å². The molecule has 0 saturated carbocycles. The zero-order chi connectivity index (χ0) is 21.0. The lowest BCUT2D eigenvalue weighted by Gasteiger charge is -2.25. The number of hydrogen-bond donors (Lipinski definition) is 0. The van der Waals surface area contributed by atoms with E-state index in [1.165, 1.54) is 0 Å². The van der Waals surface area contributed by atoms with Gasteiger partial charge >= 0.3 is 0 Å². The van der Waals surface area contributed by atoms with Crippen molar-refractivity contribution >= 4 is 5.91 Å². The fourth-order valence-electron chi connectivity index (χ4n) is 2.95. The average Bonchev–Trinajstić information content (AvgIpc) is 3.16. The van der Waals surface area contributed by atoms with Crippen molar-refractivity contribution in [2.24, 2.45) is 0 Å². The number of carbonyl (C=O) groups is 1. The molecule has 0 aliphatic heterocycles. The van der Waals surface area contributed by atoms with Gasteiger partial charge in [-0.1, -0.05) is 47.1 Å². The maximum atomic E-state index is 12.8. The molecular formula is C23H27N3O3. The molecule has 0 aliphatic carbocycles.